The van der Waals surface area contributed by atoms with Crippen LogP contribution in [0.25, 0.3) is 0 Å². The van der Waals surface area contributed by atoms with Gasteiger partial charge >= 0.3 is 0 Å². The van der Waals surface area contributed by atoms with E-state index in [4.69, 9.17) is 4.74 Å². The van der Waals surface area contributed by atoms with Crippen molar-refractivity contribution in [3.63, 3.8) is 0 Å². The van der Waals surface area contributed by atoms with Gasteiger partial charge in [-0.15, -0.1) is 0 Å². The quantitative estimate of drug-likeness (QED) is 0.782. The van der Waals surface area contributed by atoms with Crippen molar-refractivity contribution in [2.75, 3.05) is 43.1 Å². The van der Waals surface area contributed by atoms with E-state index in [-0.39, 0.29) is 0 Å². The highest BCUT2D eigenvalue weighted by atomic mass is 16.5. The van der Waals surface area contributed by atoms with Crippen molar-refractivity contribution in [1.82, 2.24) is 9.97 Å². The third-order valence-electron chi connectivity index (χ3n) is 3.07. The second-order valence-corrected chi connectivity index (χ2v) is 4.49. The van der Waals surface area contributed by atoms with Gasteiger partial charge in [0.15, 0.2) is 0 Å². The van der Waals surface area contributed by atoms with Crippen LogP contribution in [0.15, 0.2) is 12.4 Å². The Morgan fingerprint density at radius 2 is 2.11 bits per heavy atom. The fourth-order valence-electron chi connectivity index (χ4n) is 2.00. The average molecular weight is 250 g/mol. The molecule has 5 nitrogen and oxygen atoms in total. The number of ether oxygens (including phenoxy) is 1. The van der Waals surface area contributed by atoms with Crippen LogP contribution in [0, 0.1) is 0 Å². The number of morpholine rings is 1. The predicted molar refractivity (Wildman–Crippen MR) is 73.1 cm³/mol. The number of nitrogens with zero attached hydrogens (tertiary/aromatic N) is 3. The van der Waals surface area contributed by atoms with Crippen molar-refractivity contribution in [2.24, 2.45) is 0 Å². The molecular formula is C13H22N4O. The summed E-state index contributed by atoms with van der Waals surface area (Å²) in [6.45, 7) is 6.57. The Morgan fingerprint density at radius 3 is 2.89 bits per heavy atom. The summed E-state index contributed by atoms with van der Waals surface area (Å²) in [5.41, 5.74) is 0. The summed E-state index contributed by atoms with van der Waals surface area (Å²) in [6, 6.07) is 2.03. The zero-order chi connectivity index (χ0) is 12.6. The molecule has 0 bridgehead atoms. The number of unbranched alkanes of at least 4 members (excludes halogenated alkanes) is 2. The molecule has 0 unspecified atom stereocenters. The Kier molecular flexibility index (Phi) is 5.20. The van der Waals surface area contributed by atoms with Crippen LogP contribution in [-0.2, 0) is 4.74 Å². The lowest BCUT2D eigenvalue weighted by molar-refractivity contribution is 0.122. The third-order valence-corrected chi connectivity index (χ3v) is 3.07. The van der Waals surface area contributed by atoms with Crippen molar-refractivity contribution < 1.29 is 4.74 Å². The first-order valence-electron chi connectivity index (χ1n) is 6.79. The third kappa shape index (κ3) is 3.84. The zero-order valence-corrected chi connectivity index (χ0v) is 11.1. The van der Waals surface area contributed by atoms with Crippen LogP contribution in [0.2, 0.25) is 0 Å². The number of aromatic nitrogens is 2. The molecule has 1 fully saturated rings. The van der Waals surface area contributed by atoms with Crippen LogP contribution in [0.3, 0.4) is 0 Å². The lowest BCUT2D eigenvalue weighted by Gasteiger charge is -2.27. The molecule has 1 N–H and O–H groups in total. The summed E-state index contributed by atoms with van der Waals surface area (Å²) in [7, 11) is 0. The lowest BCUT2D eigenvalue weighted by Crippen LogP contribution is -2.36. The zero-order valence-electron chi connectivity index (χ0n) is 11.1. The molecule has 0 atom stereocenters. The van der Waals surface area contributed by atoms with Gasteiger partial charge < -0.3 is 15.0 Å². The van der Waals surface area contributed by atoms with Crippen molar-refractivity contribution >= 4 is 11.6 Å². The number of anilines is 2. The van der Waals surface area contributed by atoms with Gasteiger partial charge in [-0.2, -0.15) is 0 Å². The van der Waals surface area contributed by atoms with Crippen LogP contribution < -0.4 is 10.2 Å². The molecule has 5 heteroatoms. The van der Waals surface area contributed by atoms with Crippen LogP contribution in [0.1, 0.15) is 26.2 Å². The van der Waals surface area contributed by atoms with E-state index in [0.717, 1.165) is 44.5 Å². The summed E-state index contributed by atoms with van der Waals surface area (Å²) in [4.78, 5) is 10.8. The van der Waals surface area contributed by atoms with Gasteiger partial charge in [0.25, 0.3) is 0 Å². The minimum absolute atomic E-state index is 0.781. The SMILES string of the molecule is CCCCCNc1cc(N2CCOCC2)ncn1. The summed E-state index contributed by atoms with van der Waals surface area (Å²) < 4.78 is 5.34. The molecule has 1 aliphatic rings. The van der Waals surface area contributed by atoms with Gasteiger partial charge in [0.05, 0.1) is 13.2 Å². The van der Waals surface area contributed by atoms with E-state index in [1.54, 1.807) is 6.33 Å². The van der Waals surface area contributed by atoms with Crippen molar-refractivity contribution in [3.8, 4) is 0 Å². The van der Waals surface area contributed by atoms with Crippen molar-refractivity contribution in [1.29, 1.82) is 0 Å². The summed E-state index contributed by atoms with van der Waals surface area (Å²) in [5.74, 6) is 1.91. The van der Waals surface area contributed by atoms with Gasteiger partial charge in [-0.25, -0.2) is 9.97 Å². The van der Waals surface area contributed by atoms with E-state index >= 15 is 0 Å². The summed E-state index contributed by atoms with van der Waals surface area (Å²) >= 11 is 0. The van der Waals surface area contributed by atoms with Crippen molar-refractivity contribution in [2.45, 2.75) is 26.2 Å². The maximum Gasteiger partial charge on any atom is 0.134 e. The monoisotopic (exact) mass is 250 g/mol. The minimum atomic E-state index is 0.781. The Balaban J connectivity index is 1.88. The molecule has 1 aromatic rings. The standard InChI is InChI=1S/C13H22N4O/c1-2-3-4-5-14-12-10-13(16-11-15-12)17-6-8-18-9-7-17/h10-11H,2-9H2,1H3,(H,14,15,16). The normalized spacial score (nSPS) is 15.7. The molecule has 0 radical (unpaired) electrons. The van der Waals surface area contributed by atoms with Gasteiger partial charge in [0.2, 0.25) is 0 Å². The van der Waals surface area contributed by atoms with E-state index < -0.39 is 0 Å². The van der Waals surface area contributed by atoms with Crippen molar-refractivity contribution in [3.05, 3.63) is 12.4 Å². The maximum absolute atomic E-state index is 5.34. The highest BCUT2D eigenvalue weighted by molar-refractivity contribution is 5.48. The van der Waals surface area contributed by atoms with Gasteiger partial charge in [0.1, 0.15) is 18.0 Å². The second kappa shape index (κ2) is 7.16. The van der Waals surface area contributed by atoms with E-state index in [2.05, 4.69) is 27.1 Å². The molecule has 2 rings (SSSR count). The Labute approximate surface area is 109 Å². The molecule has 0 saturated carbocycles. The lowest BCUT2D eigenvalue weighted by atomic mass is 10.2. The molecule has 2 heterocycles. The maximum atomic E-state index is 5.34. The number of nitrogens with one attached hydrogen (secondary N) is 1. The average Bonchev–Trinajstić information content (AvgIpc) is 2.45. The highest BCUT2D eigenvalue weighted by Gasteiger charge is 2.12. The van der Waals surface area contributed by atoms with E-state index in [9.17, 15) is 0 Å². The molecule has 18 heavy (non-hydrogen) atoms. The molecule has 1 saturated heterocycles. The van der Waals surface area contributed by atoms with E-state index in [1.165, 1.54) is 19.3 Å². The number of hydrogen-bond donors (Lipinski definition) is 1. The molecule has 100 valence electrons. The molecule has 0 aromatic carbocycles. The predicted octanol–water partition coefficient (Wildman–Crippen LogP) is 1.92. The molecule has 0 aliphatic carbocycles. The Bertz CT molecular complexity index is 353. The Morgan fingerprint density at radius 1 is 1.28 bits per heavy atom. The first kappa shape index (κ1) is 13.1. The first-order chi connectivity index (χ1) is 8.90. The first-order valence-corrected chi connectivity index (χ1v) is 6.79. The highest BCUT2D eigenvalue weighted by Crippen LogP contribution is 2.15. The fraction of sp³-hybridized carbons (Fsp3) is 0.692. The second-order valence-electron chi connectivity index (χ2n) is 4.49. The summed E-state index contributed by atoms with van der Waals surface area (Å²) in [6.07, 6.45) is 5.32. The fourth-order valence-corrected chi connectivity index (χ4v) is 2.00. The molecule has 1 aromatic heterocycles. The summed E-state index contributed by atoms with van der Waals surface area (Å²) in [5, 5.41) is 3.35. The number of hydrogen-bond acceptors (Lipinski definition) is 5. The largest absolute Gasteiger partial charge is 0.378 e. The minimum Gasteiger partial charge on any atom is -0.378 e. The molecular weight excluding hydrogens is 228 g/mol. The van der Waals surface area contributed by atoms with Crippen LogP contribution in [-0.4, -0.2) is 42.8 Å². The molecule has 0 amide bonds. The van der Waals surface area contributed by atoms with Gasteiger partial charge in [-0.05, 0) is 6.42 Å². The van der Waals surface area contributed by atoms with Crippen LogP contribution in [0.4, 0.5) is 11.6 Å². The van der Waals surface area contributed by atoms with E-state index in [1.807, 2.05) is 6.07 Å². The van der Waals surface area contributed by atoms with Crippen LogP contribution >= 0.6 is 0 Å². The smallest absolute Gasteiger partial charge is 0.134 e. The van der Waals surface area contributed by atoms with Crippen LogP contribution in [0.5, 0.6) is 0 Å². The number of rotatable bonds is 6. The van der Waals surface area contributed by atoms with Gasteiger partial charge in [0, 0.05) is 25.7 Å². The topological polar surface area (TPSA) is 50.3 Å². The van der Waals surface area contributed by atoms with Gasteiger partial charge in [-0.3, -0.25) is 0 Å². The Hall–Kier alpha value is -1.36. The molecule has 1 aliphatic heterocycles. The van der Waals surface area contributed by atoms with Gasteiger partial charge in [-0.1, -0.05) is 19.8 Å². The molecule has 0 spiro atoms. The van der Waals surface area contributed by atoms with E-state index in [0.29, 0.717) is 0 Å².